The number of thiophene rings is 1. The molecule has 0 radical (unpaired) electrons. The molecule has 2 aromatic rings. The van der Waals surface area contributed by atoms with Gasteiger partial charge >= 0.3 is 0 Å². The molecule has 1 amide bonds. The predicted molar refractivity (Wildman–Crippen MR) is 105 cm³/mol. The Balaban J connectivity index is 1.65. The summed E-state index contributed by atoms with van der Waals surface area (Å²) < 4.78 is 11.1. The molecule has 1 atom stereocenters. The third kappa shape index (κ3) is 5.30. The number of hydrogen-bond acceptors (Lipinski definition) is 5. The summed E-state index contributed by atoms with van der Waals surface area (Å²) in [5.41, 5.74) is 1.79. The Labute approximate surface area is 158 Å². The minimum Gasteiger partial charge on any atom is -0.495 e. The summed E-state index contributed by atoms with van der Waals surface area (Å²) in [7, 11) is 1.61. The molecular formula is C20H26N2O3S. The molecule has 3 rings (SSSR count). The standard InChI is InChI=1S/C20H26N2O3S/c1-15-7-8-19(24-2)18(11-15)21-20(23)14-22(12-16-5-3-9-25-16)13-17-6-4-10-26-17/h4,6-8,10-11,16H,3,5,9,12-14H2,1-2H3,(H,21,23)/t16-/m0/s1. The average molecular weight is 375 g/mol. The van der Waals surface area contributed by atoms with Crippen molar-refractivity contribution in [1.82, 2.24) is 4.90 Å². The van der Waals surface area contributed by atoms with Crippen LogP contribution in [0.3, 0.4) is 0 Å². The van der Waals surface area contributed by atoms with Gasteiger partial charge in [-0.2, -0.15) is 0 Å². The maximum atomic E-state index is 12.7. The van der Waals surface area contributed by atoms with E-state index in [1.165, 1.54) is 4.88 Å². The molecule has 1 aromatic carbocycles. The lowest BCUT2D eigenvalue weighted by Gasteiger charge is -2.24. The molecule has 0 aliphatic carbocycles. The lowest BCUT2D eigenvalue weighted by molar-refractivity contribution is -0.117. The first-order valence-corrected chi connectivity index (χ1v) is 9.83. The Kier molecular flexibility index (Phi) is 6.66. The van der Waals surface area contributed by atoms with Crippen LogP contribution in [0.2, 0.25) is 0 Å². The van der Waals surface area contributed by atoms with Crippen molar-refractivity contribution in [2.24, 2.45) is 0 Å². The molecule has 1 saturated heterocycles. The van der Waals surface area contributed by atoms with E-state index >= 15 is 0 Å². The molecule has 6 heteroatoms. The monoisotopic (exact) mass is 374 g/mol. The quantitative estimate of drug-likeness (QED) is 0.766. The summed E-state index contributed by atoms with van der Waals surface area (Å²) in [5, 5.41) is 5.06. The zero-order valence-corrected chi connectivity index (χ0v) is 16.2. The Morgan fingerprint density at radius 2 is 2.31 bits per heavy atom. The lowest BCUT2D eigenvalue weighted by Crippen LogP contribution is -2.37. The van der Waals surface area contributed by atoms with Crippen molar-refractivity contribution in [2.75, 3.05) is 32.1 Å². The van der Waals surface area contributed by atoms with Crippen LogP contribution in [0.15, 0.2) is 35.7 Å². The highest BCUT2D eigenvalue weighted by Gasteiger charge is 2.21. The van der Waals surface area contributed by atoms with Crippen LogP contribution in [-0.2, 0) is 16.1 Å². The SMILES string of the molecule is COc1ccc(C)cc1NC(=O)CN(Cc1cccs1)C[C@@H]1CCCO1. The predicted octanol–water partition coefficient (Wildman–Crippen LogP) is 3.68. The van der Waals surface area contributed by atoms with E-state index in [1.54, 1.807) is 18.4 Å². The van der Waals surface area contributed by atoms with Crippen molar-refractivity contribution < 1.29 is 14.3 Å². The lowest BCUT2D eigenvalue weighted by atomic mass is 10.2. The van der Waals surface area contributed by atoms with Crippen molar-refractivity contribution in [3.63, 3.8) is 0 Å². The molecule has 1 N–H and O–H groups in total. The van der Waals surface area contributed by atoms with Crippen LogP contribution in [-0.4, -0.2) is 43.7 Å². The summed E-state index contributed by atoms with van der Waals surface area (Å²) >= 11 is 1.71. The number of methoxy groups -OCH3 is 1. The maximum Gasteiger partial charge on any atom is 0.238 e. The second-order valence-corrected chi connectivity index (χ2v) is 7.67. The molecule has 1 aromatic heterocycles. The number of nitrogens with zero attached hydrogens (tertiary/aromatic N) is 1. The van der Waals surface area contributed by atoms with Gasteiger partial charge in [0.25, 0.3) is 0 Å². The maximum absolute atomic E-state index is 12.7. The van der Waals surface area contributed by atoms with Gasteiger partial charge in [-0.1, -0.05) is 12.1 Å². The van der Waals surface area contributed by atoms with E-state index in [0.717, 1.165) is 38.1 Å². The van der Waals surface area contributed by atoms with Gasteiger partial charge in [-0.05, 0) is 48.9 Å². The zero-order chi connectivity index (χ0) is 18.4. The van der Waals surface area contributed by atoms with Crippen LogP contribution in [0.25, 0.3) is 0 Å². The molecule has 2 heterocycles. The first-order chi connectivity index (χ1) is 12.6. The third-order valence-corrected chi connectivity index (χ3v) is 5.30. The first-order valence-electron chi connectivity index (χ1n) is 8.95. The number of anilines is 1. The highest BCUT2D eigenvalue weighted by molar-refractivity contribution is 7.09. The summed E-state index contributed by atoms with van der Waals surface area (Å²) in [5.74, 6) is 0.635. The molecular weight excluding hydrogens is 348 g/mol. The van der Waals surface area contributed by atoms with Crippen molar-refractivity contribution >= 4 is 22.9 Å². The minimum absolute atomic E-state index is 0.0385. The molecule has 0 bridgehead atoms. The van der Waals surface area contributed by atoms with Crippen molar-refractivity contribution in [3.05, 3.63) is 46.2 Å². The highest BCUT2D eigenvalue weighted by Crippen LogP contribution is 2.25. The molecule has 1 aliphatic heterocycles. The Morgan fingerprint density at radius 3 is 3.00 bits per heavy atom. The number of carbonyl (C=O) groups is 1. The van der Waals surface area contributed by atoms with E-state index in [4.69, 9.17) is 9.47 Å². The van der Waals surface area contributed by atoms with Crippen LogP contribution in [0.5, 0.6) is 5.75 Å². The Morgan fingerprint density at radius 1 is 1.42 bits per heavy atom. The van der Waals surface area contributed by atoms with Gasteiger partial charge in [-0.25, -0.2) is 0 Å². The molecule has 26 heavy (non-hydrogen) atoms. The molecule has 0 unspecified atom stereocenters. The van der Waals surface area contributed by atoms with Gasteiger partial charge in [0.15, 0.2) is 0 Å². The highest BCUT2D eigenvalue weighted by atomic mass is 32.1. The van der Waals surface area contributed by atoms with Gasteiger partial charge in [0, 0.05) is 24.6 Å². The Bertz CT molecular complexity index is 712. The van der Waals surface area contributed by atoms with E-state index in [-0.39, 0.29) is 12.0 Å². The molecule has 1 aliphatic rings. The number of hydrogen-bond donors (Lipinski definition) is 1. The van der Waals surface area contributed by atoms with Crippen molar-refractivity contribution in [3.8, 4) is 5.75 Å². The molecule has 0 saturated carbocycles. The number of carbonyl (C=O) groups excluding carboxylic acids is 1. The largest absolute Gasteiger partial charge is 0.495 e. The molecule has 0 spiro atoms. The summed E-state index contributed by atoms with van der Waals surface area (Å²) in [6.07, 6.45) is 2.38. The zero-order valence-electron chi connectivity index (χ0n) is 15.4. The molecule has 140 valence electrons. The molecule has 1 fully saturated rings. The van der Waals surface area contributed by atoms with E-state index < -0.39 is 0 Å². The van der Waals surface area contributed by atoms with Crippen LogP contribution in [0.4, 0.5) is 5.69 Å². The van der Waals surface area contributed by atoms with Crippen LogP contribution in [0, 0.1) is 6.92 Å². The van der Waals surface area contributed by atoms with Gasteiger partial charge in [0.05, 0.1) is 25.4 Å². The number of ether oxygens (including phenoxy) is 2. The third-order valence-electron chi connectivity index (χ3n) is 4.44. The molecule has 5 nitrogen and oxygen atoms in total. The second-order valence-electron chi connectivity index (χ2n) is 6.64. The van der Waals surface area contributed by atoms with Gasteiger partial charge in [0.1, 0.15) is 5.75 Å². The van der Waals surface area contributed by atoms with Gasteiger partial charge in [-0.15, -0.1) is 11.3 Å². The van der Waals surface area contributed by atoms with E-state index in [9.17, 15) is 4.79 Å². The first kappa shape index (κ1) is 18.9. The van der Waals surface area contributed by atoms with E-state index in [1.807, 2.05) is 31.2 Å². The van der Waals surface area contributed by atoms with E-state index in [2.05, 4.69) is 21.7 Å². The second kappa shape index (κ2) is 9.16. The van der Waals surface area contributed by atoms with Crippen molar-refractivity contribution in [2.45, 2.75) is 32.4 Å². The number of rotatable bonds is 8. The van der Waals surface area contributed by atoms with Crippen LogP contribution in [0.1, 0.15) is 23.3 Å². The van der Waals surface area contributed by atoms with Gasteiger partial charge in [-0.3, -0.25) is 9.69 Å². The fourth-order valence-electron chi connectivity index (χ4n) is 3.20. The summed E-state index contributed by atoms with van der Waals surface area (Å²) in [4.78, 5) is 16.1. The van der Waals surface area contributed by atoms with E-state index in [0.29, 0.717) is 18.0 Å². The average Bonchev–Trinajstić information content (AvgIpc) is 3.29. The fraction of sp³-hybridized carbons (Fsp3) is 0.450. The normalized spacial score (nSPS) is 16.8. The number of aryl methyl sites for hydroxylation is 1. The van der Waals surface area contributed by atoms with Gasteiger partial charge < -0.3 is 14.8 Å². The smallest absolute Gasteiger partial charge is 0.238 e. The summed E-state index contributed by atoms with van der Waals surface area (Å²) in [6.45, 7) is 4.68. The number of benzene rings is 1. The van der Waals surface area contributed by atoms with Crippen LogP contribution < -0.4 is 10.1 Å². The topological polar surface area (TPSA) is 50.8 Å². The van der Waals surface area contributed by atoms with Gasteiger partial charge in [0.2, 0.25) is 5.91 Å². The number of amides is 1. The number of nitrogens with one attached hydrogen (secondary N) is 1. The van der Waals surface area contributed by atoms with Crippen molar-refractivity contribution in [1.29, 1.82) is 0 Å². The Hall–Kier alpha value is -1.89. The minimum atomic E-state index is -0.0385. The summed E-state index contributed by atoms with van der Waals surface area (Å²) in [6, 6.07) is 9.92. The fourth-order valence-corrected chi connectivity index (χ4v) is 3.94. The van der Waals surface area contributed by atoms with Crippen LogP contribution >= 0.6 is 11.3 Å².